The molecule has 0 N–H and O–H groups in total. The molecule has 0 heterocycles. The third kappa shape index (κ3) is 6.13. The molecule has 0 bridgehead atoms. The maximum absolute atomic E-state index is 3.10. The second-order valence-electron chi connectivity index (χ2n) is 2.30. The van der Waals surface area contributed by atoms with Crippen LogP contribution in [0.2, 0.25) is 0 Å². The Morgan fingerprint density at radius 3 is 2.27 bits per heavy atom. The van der Waals surface area contributed by atoms with Gasteiger partial charge in [0.25, 0.3) is 0 Å². The minimum atomic E-state index is 0. The minimum Gasteiger partial charge on any atom is -0.501 e. The van der Waals surface area contributed by atoms with Crippen molar-refractivity contribution in [2.24, 2.45) is 0 Å². The van der Waals surface area contributed by atoms with E-state index in [1.807, 2.05) is 12.2 Å². The van der Waals surface area contributed by atoms with Gasteiger partial charge in [-0.2, -0.15) is 12.5 Å². The molecule has 0 aromatic heterocycles. The van der Waals surface area contributed by atoms with Crippen molar-refractivity contribution in [3.05, 3.63) is 36.5 Å². The molecule has 0 nitrogen and oxygen atoms in total. The van der Waals surface area contributed by atoms with Gasteiger partial charge in [0.15, 0.2) is 0 Å². The van der Waals surface area contributed by atoms with Crippen LogP contribution >= 0.6 is 0 Å². The molecular weight excluding hydrogens is 179 g/mol. The first-order chi connectivity index (χ1) is 5.00. The van der Waals surface area contributed by atoms with Gasteiger partial charge in [0.2, 0.25) is 0 Å². The molecule has 0 fully saturated rings. The zero-order chi connectivity index (χ0) is 7.07. The topological polar surface area (TPSA) is 0 Å². The molecule has 0 radical (unpaired) electrons. The zero-order valence-corrected chi connectivity index (χ0v) is 7.44. The average Bonchev–Trinajstić information content (AvgIpc) is 2.67. The first-order valence-electron chi connectivity index (χ1n) is 3.77. The first kappa shape index (κ1) is 10.7. The van der Waals surface area contributed by atoms with Gasteiger partial charge in [-0.05, 0) is 0 Å². The molecule has 0 amide bonds. The second kappa shape index (κ2) is 7.82. The van der Waals surface area contributed by atoms with Crippen molar-refractivity contribution < 1.29 is 16.5 Å². The molecule has 0 aromatic rings. The number of rotatable bonds is 0. The molecule has 11 heavy (non-hydrogen) atoms. The summed E-state index contributed by atoms with van der Waals surface area (Å²) in [6, 6.07) is 0. The number of hydrogen-bond donors (Lipinski definition) is 0. The molecule has 0 spiro atoms. The van der Waals surface area contributed by atoms with Crippen molar-refractivity contribution in [2.45, 2.75) is 25.7 Å². The van der Waals surface area contributed by atoms with Gasteiger partial charge in [0, 0.05) is 0 Å². The number of hydrogen-bond acceptors (Lipinski definition) is 0. The molecule has 0 unspecified atom stereocenters. The Balaban J connectivity index is 0.000000167. The average molecular weight is 191 g/mol. The molecule has 0 saturated heterocycles. The van der Waals surface area contributed by atoms with E-state index < -0.39 is 0 Å². The van der Waals surface area contributed by atoms with Crippen LogP contribution in [0.5, 0.6) is 0 Å². The van der Waals surface area contributed by atoms with Gasteiger partial charge in [-0.25, -0.2) is 12.2 Å². The fraction of sp³-hybridized carbons (Fsp3) is 0.400. The van der Waals surface area contributed by atoms with Crippen molar-refractivity contribution in [1.29, 1.82) is 0 Å². The Morgan fingerprint density at radius 1 is 1.18 bits per heavy atom. The van der Waals surface area contributed by atoms with E-state index in [0.717, 1.165) is 6.42 Å². The molecule has 0 aliphatic heterocycles. The van der Waals surface area contributed by atoms with E-state index >= 15 is 0 Å². The van der Waals surface area contributed by atoms with Gasteiger partial charge in [0.1, 0.15) is 0 Å². The van der Waals surface area contributed by atoms with Crippen LogP contribution < -0.4 is 0 Å². The van der Waals surface area contributed by atoms with E-state index in [-0.39, 0.29) is 16.5 Å². The summed E-state index contributed by atoms with van der Waals surface area (Å²) in [5.74, 6) is 0. The molecule has 0 saturated carbocycles. The third-order valence-corrected chi connectivity index (χ3v) is 1.40. The Hall–Kier alpha value is -0.286. The van der Waals surface area contributed by atoms with E-state index in [9.17, 15) is 0 Å². The molecule has 2 aliphatic carbocycles. The van der Waals surface area contributed by atoms with Gasteiger partial charge in [0.05, 0.1) is 0 Å². The Kier molecular flexibility index (Phi) is 7.61. The van der Waals surface area contributed by atoms with Gasteiger partial charge in [-0.15, -0.1) is 6.42 Å². The van der Waals surface area contributed by atoms with Crippen LogP contribution in [0, 0.1) is 12.2 Å². The van der Waals surface area contributed by atoms with Crippen LogP contribution in [0.3, 0.4) is 0 Å². The summed E-state index contributed by atoms with van der Waals surface area (Å²) in [4.78, 5) is 0. The Morgan fingerprint density at radius 2 is 2.09 bits per heavy atom. The number of allylic oxidation sites excluding steroid dienone is 6. The summed E-state index contributed by atoms with van der Waals surface area (Å²) >= 11 is 0. The van der Waals surface area contributed by atoms with E-state index in [1.54, 1.807) is 0 Å². The molecule has 2 rings (SSSR count). The minimum absolute atomic E-state index is 0. The van der Waals surface area contributed by atoms with Crippen LogP contribution in [0.25, 0.3) is 0 Å². The molecule has 0 atom stereocenters. The predicted molar refractivity (Wildman–Crippen MR) is 43.2 cm³/mol. The van der Waals surface area contributed by atoms with Gasteiger partial charge in [-0.3, -0.25) is 12.2 Å². The molecule has 2 aliphatic rings. The maximum Gasteiger partial charge on any atom is 2.00 e. The van der Waals surface area contributed by atoms with Gasteiger partial charge in [-0.1, -0.05) is 12.8 Å². The van der Waals surface area contributed by atoms with Crippen LogP contribution in [0.4, 0.5) is 0 Å². The Labute approximate surface area is 79.0 Å². The summed E-state index contributed by atoms with van der Waals surface area (Å²) < 4.78 is 0. The smallest absolute Gasteiger partial charge is 0.501 e. The van der Waals surface area contributed by atoms with Crippen molar-refractivity contribution in [2.75, 3.05) is 0 Å². The third-order valence-electron chi connectivity index (χ3n) is 1.40. The first-order valence-corrected chi connectivity index (χ1v) is 3.77. The zero-order valence-electron chi connectivity index (χ0n) is 6.45. The van der Waals surface area contributed by atoms with E-state index in [1.165, 1.54) is 19.3 Å². The van der Waals surface area contributed by atoms with Crippen LogP contribution in [0.1, 0.15) is 25.7 Å². The SMILES string of the molecule is [C-]1=CC=CC1.[C-]1=CCCC1.[Ni+2]. The molecule has 1 heteroatoms. The summed E-state index contributed by atoms with van der Waals surface area (Å²) in [7, 11) is 0. The summed E-state index contributed by atoms with van der Waals surface area (Å²) in [6.45, 7) is 0. The summed E-state index contributed by atoms with van der Waals surface area (Å²) in [5, 5.41) is 0. The van der Waals surface area contributed by atoms with Crippen molar-refractivity contribution >= 4 is 0 Å². The maximum atomic E-state index is 3.10. The summed E-state index contributed by atoms with van der Waals surface area (Å²) in [6.07, 6.45) is 19.0. The summed E-state index contributed by atoms with van der Waals surface area (Å²) in [5.41, 5.74) is 0. The quantitative estimate of drug-likeness (QED) is 0.407. The Bertz CT molecular complexity index is 138. The van der Waals surface area contributed by atoms with E-state index in [4.69, 9.17) is 0 Å². The largest absolute Gasteiger partial charge is 2.00 e. The van der Waals surface area contributed by atoms with Crippen LogP contribution in [-0.4, -0.2) is 0 Å². The van der Waals surface area contributed by atoms with E-state index in [0.29, 0.717) is 0 Å². The van der Waals surface area contributed by atoms with Crippen molar-refractivity contribution in [3.63, 3.8) is 0 Å². The monoisotopic (exact) mass is 190 g/mol. The molecule has 62 valence electrons. The van der Waals surface area contributed by atoms with E-state index in [2.05, 4.69) is 24.3 Å². The second-order valence-corrected chi connectivity index (χ2v) is 2.30. The molecular formula is C10H12Ni. The van der Waals surface area contributed by atoms with Gasteiger partial charge >= 0.3 is 16.5 Å². The fourth-order valence-corrected chi connectivity index (χ4v) is 0.851. The fourth-order valence-electron chi connectivity index (χ4n) is 0.851. The predicted octanol–water partition coefficient (Wildman–Crippen LogP) is 2.83. The standard InChI is InChI=1S/C5H7.C5H5.Ni/c2*1-2-4-5-3-1;/h1H,2,4-5H2;1-3H,4H2;/q2*-1;+2. The van der Waals surface area contributed by atoms with Crippen molar-refractivity contribution in [3.8, 4) is 0 Å². The van der Waals surface area contributed by atoms with Gasteiger partial charge < -0.3 is 6.08 Å². The van der Waals surface area contributed by atoms with Crippen LogP contribution in [-0.2, 0) is 16.5 Å². The molecule has 0 aromatic carbocycles. The van der Waals surface area contributed by atoms with Crippen molar-refractivity contribution in [1.82, 2.24) is 0 Å². The normalized spacial score (nSPS) is 17.5. The van der Waals surface area contributed by atoms with Crippen LogP contribution in [0.15, 0.2) is 24.3 Å².